The third-order valence-electron chi connectivity index (χ3n) is 10.6. The van der Waals surface area contributed by atoms with E-state index in [-0.39, 0.29) is 53.0 Å². The summed E-state index contributed by atoms with van der Waals surface area (Å²) in [7, 11) is -2.11. The van der Waals surface area contributed by atoms with Crippen molar-refractivity contribution in [3.8, 4) is 0 Å². The van der Waals surface area contributed by atoms with Gasteiger partial charge in [-0.05, 0) is 85.9 Å². The highest BCUT2D eigenvalue weighted by atomic mass is 32.2. The molecule has 0 bridgehead atoms. The second kappa shape index (κ2) is 9.15. The molecule has 1 N–H and O–H groups in total. The maximum atomic E-state index is 13.9. The number of Topliss-reactive ketones (excluding diaryl/α,β-unsaturated/α-hetero) is 1. The Balaban J connectivity index is 1.55. The number of carbonyl (C=O) groups excluding carboxylic acids is 2. The molecule has 3 unspecified atom stereocenters. The Morgan fingerprint density at radius 3 is 2.53 bits per heavy atom. The van der Waals surface area contributed by atoms with Crippen molar-refractivity contribution in [1.29, 1.82) is 0 Å². The van der Waals surface area contributed by atoms with Gasteiger partial charge in [0, 0.05) is 18.3 Å². The molecule has 0 aromatic rings. The zero-order chi connectivity index (χ0) is 25.1. The highest BCUT2D eigenvalue weighted by Gasteiger charge is 2.66. The molecule has 194 valence electrons. The van der Waals surface area contributed by atoms with E-state index < -0.39 is 21.6 Å². The van der Waals surface area contributed by atoms with E-state index in [1.54, 1.807) is 0 Å². The molecule has 4 rings (SSSR count). The number of fused-ring (bicyclic) bond motifs is 5. The van der Waals surface area contributed by atoms with Gasteiger partial charge in [-0.2, -0.15) is 8.42 Å². The zero-order valence-electron chi connectivity index (χ0n) is 21.3. The summed E-state index contributed by atoms with van der Waals surface area (Å²) < 4.78 is 33.5. The van der Waals surface area contributed by atoms with E-state index in [1.165, 1.54) is 7.11 Å². The number of aliphatic hydroxyl groups excluding tert-OH is 1. The maximum absolute atomic E-state index is 13.9. The molecule has 4 saturated carbocycles. The first-order valence-electron chi connectivity index (χ1n) is 13.0. The molecule has 34 heavy (non-hydrogen) atoms. The van der Waals surface area contributed by atoms with Crippen LogP contribution in [0.15, 0.2) is 0 Å². The maximum Gasteiger partial charge on any atom is 0.305 e. The van der Waals surface area contributed by atoms with E-state index in [9.17, 15) is 23.1 Å². The molecule has 0 saturated heterocycles. The van der Waals surface area contributed by atoms with Crippen LogP contribution in [0.3, 0.4) is 0 Å². The van der Waals surface area contributed by atoms with Crippen molar-refractivity contribution in [3.05, 3.63) is 0 Å². The van der Waals surface area contributed by atoms with Crippen molar-refractivity contribution in [1.82, 2.24) is 0 Å². The van der Waals surface area contributed by atoms with Gasteiger partial charge in [0.25, 0.3) is 10.1 Å². The molecular weight excluding hydrogens is 456 g/mol. The first kappa shape index (κ1) is 26.1. The molecule has 0 aromatic carbocycles. The first-order valence-corrected chi connectivity index (χ1v) is 14.8. The van der Waals surface area contributed by atoms with Gasteiger partial charge >= 0.3 is 5.97 Å². The third-order valence-corrected chi connectivity index (χ3v) is 11.2. The van der Waals surface area contributed by atoms with Crippen molar-refractivity contribution in [3.63, 3.8) is 0 Å². The van der Waals surface area contributed by atoms with Crippen LogP contribution in [0.4, 0.5) is 0 Å². The quantitative estimate of drug-likeness (QED) is 0.439. The summed E-state index contributed by atoms with van der Waals surface area (Å²) in [5.41, 5.74) is -0.551. The van der Waals surface area contributed by atoms with Gasteiger partial charge in [-0.25, -0.2) is 0 Å². The second-order valence-corrected chi connectivity index (χ2v) is 13.8. The molecule has 0 heterocycles. The summed E-state index contributed by atoms with van der Waals surface area (Å²) in [6.45, 7) is 6.54. The van der Waals surface area contributed by atoms with E-state index >= 15 is 0 Å². The predicted octanol–water partition coefficient (Wildman–Crippen LogP) is 3.73. The van der Waals surface area contributed by atoms with Gasteiger partial charge in [0.2, 0.25) is 0 Å². The topological polar surface area (TPSA) is 107 Å². The van der Waals surface area contributed by atoms with Crippen LogP contribution in [0.5, 0.6) is 0 Å². The number of esters is 1. The smallest absolute Gasteiger partial charge is 0.305 e. The van der Waals surface area contributed by atoms with E-state index in [1.807, 2.05) is 0 Å². The normalized spacial score (nSPS) is 45.1. The summed E-state index contributed by atoms with van der Waals surface area (Å²) in [6, 6.07) is 0. The summed E-state index contributed by atoms with van der Waals surface area (Å²) in [4.78, 5) is 25.6. The molecule has 0 amide bonds. The number of ether oxygens (including phenoxy) is 1. The number of aliphatic hydroxyl groups is 1. The van der Waals surface area contributed by atoms with E-state index in [4.69, 9.17) is 8.92 Å². The number of carbonyl (C=O) groups is 2. The highest BCUT2D eigenvalue weighted by molar-refractivity contribution is 7.86. The summed E-state index contributed by atoms with van der Waals surface area (Å²) in [5.74, 6) is 1.08. The van der Waals surface area contributed by atoms with Gasteiger partial charge in [-0.15, -0.1) is 0 Å². The fraction of sp³-hybridized carbons (Fsp3) is 0.923. The molecule has 10 atom stereocenters. The predicted molar refractivity (Wildman–Crippen MR) is 127 cm³/mol. The van der Waals surface area contributed by atoms with Crippen molar-refractivity contribution >= 4 is 21.9 Å². The Kier molecular flexibility index (Phi) is 7.02. The summed E-state index contributed by atoms with van der Waals surface area (Å²) >= 11 is 0. The van der Waals surface area contributed by atoms with E-state index in [0.29, 0.717) is 44.3 Å². The lowest BCUT2D eigenvalue weighted by Gasteiger charge is -2.61. The van der Waals surface area contributed by atoms with Gasteiger partial charge in [-0.3, -0.25) is 13.8 Å². The molecule has 0 spiro atoms. The first-order chi connectivity index (χ1) is 15.8. The number of hydrogen-bond donors (Lipinski definition) is 1. The standard InChI is InChI=1S/C26H42O7S/c1-15(6-9-23(29)32-4)18-7-8-19-24-20(14-22(28)26(18,19)3)25(2)11-10-17(33-34(5,30)31)12-16(25)13-21(24)27/h15-21,24,27H,6-14H2,1-5H3/t15-,16+,17?,18-,19?,20?,21-,24+,25+,26-/m1/s1. The van der Waals surface area contributed by atoms with Crippen LogP contribution in [0.2, 0.25) is 0 Å². The largest absolute Gasteiger partial charge is 0.469 e. The van der Waals surface area contributed by atoms with Crippen LogP contribution in [-0.2, 0) is 28.6 Å². The van der Waals surface area contributed by atoms with Crippen LogP contribution in [-0.4, -0.2) is 50.9 Å². The van der Waals surface area contributed by atoms with Crippen LogP contribution in [0.25, 0.3) is 0 Å². The van der Waals surface area contributed by atoms with Crippen LogP contribution >= 0.6 is 0 Å². The summed E-state index contributed by atoms with van der Waals surface area (Å²) in [6.07, 6.45) is 6.48. The average molecular weight is 499 g/mol. The van der Waals surface area contributed by atoms with Crippen LogP contribution in [0, 0.1) is 46.3 Å². The van der Waals surface area contributed by atoms with Gasteiger partial charge < -0.3 is 9.84 Å². The van der Waals surface area contributed by atoms with Crippen molar-refractivity contribution in [2.75, 3.05) is 13.4 Å². The number of methoxy groups -OCH3 is 1. The van der Waals surface area contributed by atoms with Gasteiger partial charge in [0.15, 0.2) is 0 Å². The zero-order valence-corrected chi connectivity index (χ0v) is 22.1. The highest BCUT2D eigenvalue weighted by Crippen LogP contribution is 2.67. The lowest BCUT2D eigenvalue weighted by molar-refractivity contribution is -0.180. The Hall–Kier alpha value is -0.990. The molecule has 0 aromatic heterocycles. The lowest BCUT2D eigenvalue weighted by atomic mass is 9.43. The second-order valence-electron chi connectivity index (χ2n) is 12.2. The molecule has 4 aliphatic rings. The fourth-order valence-corrected chi connectivity index (χ4v) is 9.50. The van der Waals surface area contributed by atoms with Crippen LogP contribution < -0.4 is 0 Å². The van der Waals surface area contributed by atoms with Gasteiger partial charge in [0.05, 0.1) is 25.6 Å². The number of ketones is 1. The van der Waals surface area contributed by atoms with E-state index in [2.05, 4.69) is 20.8 Å². The van der Waals surface area contributed by atoms with Crippen molar-refractivity contribution in [2.45, 2.75) is 90.8 Å². The number of rotatable bonds is 6. The number of hydrogen-bond acceptors (Lipinski definition) is 7. The minimum Gasteiger partial charge on any atom is -0.469 e. The Morgan fingerprint density at radius 2 is 1.88 bits per heavy atom. The minimum atomic E-state index is -3.52. The monoisotopic (exact) mass is 498 g/mol. The molecule has 0 radical (unpaired) electrons. The molecule has 0 aliphatic heterocycles. The van der Waals surface area contributed by atoms with Crippen LogP contribution in [0.1, 0.15) is 78.6 Å². The third kappa shape index (κ3) is 4.36. The molecule has 8 heteroatoms. The Bertz CT molecular complexity index is 916. The SMILES string of the molecule is COC(=O)CC[C@@H](C)[C@H]1CCC2[C@H]3C(CC(=O)[C@@]21C)[C@@]1(C)CCC(OS(C)(=O)=O)C[C@H]1C[C@H]3O. The average Bonchev–Trinajstić information content (AvgIpc) is 3.11. The Morgan fingerprint density at radius 1 is 1.18 bits per heavy atom. The van der Waals surface area contributed by atoms with Crippen molar-refractivity contribution in [2.24, 2.45) is 46.3 Å². The van der Waals surface area contributed by atoms with Gasteiger partial charge in [-0.1, -0.05) is 20.8 Å². The van der Waals surface area contributed by atoms with Gasteiger partial charge in [0.1, 0.15) is 5.78 Å². The summed E-state index contributed by atoms with van der Waals surface area (Å²) in [5, 5.41) is 11.4. The molecular formula is C26H42O7S. The van der Waals surface area contributed by atoms with E-state index in [0.717, 1.165) is 25.5 Å². The Labute approximate surface area is 204 Å². The lowest BCUT2D eigenvalue weighted by Crippen LogP contribution is -2.61. The van der Waals surface area contributed by atoms with Crippen molar-refractivity contribution < 1.29 is 32.0 Å². The molecule has 4 aliphatic carbocycles. The molecule has 4 fully saturated rings. The minimum absolute atomic E-state index is 0.0904. The molecule has 7 nitrogen and oxygen atoms in total. The fourth-order valence-electron chi connectivity index (χ4n) is 8.83.